The third-order valence-corrected chi connectivity index (χ3v) is 4.46. The molecule has 0 spiro atoms. The minimum atomic E-state index is -3.59. The summed E-state index contributed by atoms with van der Waals surface area (Å²) < 4.78 is 26.7. The maximum Gasteiger partial charge on any atom is 0.242 e. The molecule has 1 aliphatic rings. The van der Waals surface area contributed by atoms with E-state index in [9.17, 15) is 13.5 Å². The van der Waals surface area contributed by atoms with E-state index in [-0.39, 0.29) is 17.4 Å². The lowest BCUT2D eigenvalue weighted by atomic mass is 10.2. The van der Waals surface area contributed by atoms with Crippen LogP contribution in [0.15, 0.2) is 27.8 Å². The number of halogens is 1. The van der Waals surface area contributed by atoms with E-state index in [1.165, 1.54) is 18.5 Å². The van der Waals surface area contributed by atoms with Crippen LogP contribution >= 0.6 is 15.9 Å². The Morgan fingerprint density at radius 2 is 2.24 bits per heavy atom. The second-order valence-electron chi connectivity index (χ2n) is 4.10. The van der Waals surface area contributed by atoms with E-state index in [0.29, 0.717) is 4.47 Å². The molecule has 1 aromatic rings. The van der Waals surface area contributed by atoms with Gasteiger partial charge in [0, 0.05) is 23.4 Å². The van der Waals surface area contributed by atoms with Crippen LogP contribution < -0.4 is 4.72 Å². The maximum absolute atomic E-state index is 11.8. The molecule has 0 aliphatic heterocycles. The summed E-state index contributed by atoms with van der Waals surface area (Å²) in [4.78, 5) is 3.89. The molecule has 1 unspecified atom stereocenters. The number of pyridine rings is 1. The number of aliphatic hydroxyl groups is 1. The highest BCUT2D eigenvalue weighted by Crippen LogP contribution is 2.32. The number of sulfonamides is 1. The lowest BCUT2D eigenvalue weighted by Crippen LogP contribution is -2.33. The molecule has 1 aliphatic carbocycles. The van der Waals surface area contributed by atoms with Crippen molar-refractivity contribution in [1.29, 1.82) is 0 Å². The lowest BCUT2D eigenvalue weighted by Gasteiger charge is -2.11. The zero-order valence-corrected chi connectivity index (χ0v) is 11.4. The molecule has 17 heavy (non-hydrogen) atoms. The molecule has 1 heterocycles. The molecule has 94 valence electrons. The van der Waals surface area contributed by atoms with Crippen LogP contribution in [0.5, 0.6) is 0 Å². The molecule has 0 bridgehead atoms. The fourth-order valence-electron chi connectivity index (χ4n) is 1.47. The van der Waals surface area contributed by atoms with Gasteiger partial charge in [-0.2, -0.15) is 0 Å². The number of hydrogen-bond donors (Lipinski definition) is 2. The highest BCUT2D eigenvalue weighted by Gasteiger charge is 2.30. The average molecular weight is 321 g/mol. The molecule has 1 aromatic heterocycles. The largest absolute Gasteiger partial charge is 0.391 e. The fraction of sp³-hybridized carbons (Fsp3) is 0.500. The second kappa shape index (κ2) is 5.01. The van der Waals surface area contributed by atoms with Crippen molar-refractivity contribution in [3.63, 3.8) is 0 Å². The molecule has 0 saturated heterocycles. The summed E-state index contributed by atoms with van der Waals surface area (Å²) >= 11 is 3.16. The van der Waals surface area contributed by atoms with Gasteiger partial charge < -0.3 is 5.11 Å². The van der Waals surface area contributed by atoms with Crippen LogP contribution in [0, 0.1) is 5.92 Å². The van der Waals surface area contributed by atoms with Crippen LogP contribution in [0.3, 0.4) is 0 Å². The standard InChI is InChI=1S/C10H13BrN2O3S/c11-8-3-9(5-12-4-8)17(15,16)13-6-10(14)7-1-2-7/h3-5,7,10,13-14H,1-2,6H2. The van der Waals surface area contributed by atoms with Crippen molar-refractivity contribution < 1.29 is 13.5 Å². The van der Waals surface area contributed by atoms with E-state index in [2.05, 4.69) is 25.6 Å². The molecule has 1 saturated carbocycles. The van der Waals surface area contributed by atoms with Gasteiger partial charge in [-0.25, -0.2) is 13.1 Å². The first-order chi connectivity index (χ1) is 7.99. The molecular formula is C10H13BrN2O3S. The number of nitrogens with zero attached hydrogens (tertiary/aromatic N) is 1. The summed E-state index contributed by atoms with van der Waals surface area (Å²) in [6.45, 7) is 0.0551. The quantitative estimate of drug-likeness (QED) is 0.844. The Morgan fingerprint density at radius 3 is 2.82 bits per heavy atom. The number of aliphatic hydroxyl groups excluding tert-OH is 1. The van der Waals surface area contributed by atoms with Gasteiger partial charge in [-0.3, -0.25) is 4.98 Å². The van der Waals surface area contributed by atoms with Gasteiger partial charge in [-0.15, -0.1) is 0 Å². The minimum absolute atomic E-state index is 0.0551. The number of aromatic nitrogens is 1. The van der Waals surface area contributed by atoms with Crippen LogP contribution in [0.4, 0.5) is 0 Å². The molecular weight excluding hydrogens is 308 g/mol. The molecule has 0 radical (unpaired) electrons. The third kappa shape index (κ3) is 3.48. The summed E-state index contributed by atoms with van der Waals surface area (Å²) in [6.07, 6.45) is 4.14. The van der Waals surface area contributed by atoms with Gasteiger partial charge in [-0.05, 0) is 40.8 Å². The van der Waals surface area contributed by atoms with Crippen LogP contribution in [-0.2, 0) is 10.0 Å². The van der Waals surface area contributed by atoms with Gasteiger partial charge in [0.05, 0.1) is 6.10 Å². The summed E-state index contributed by atoms with van der Waals surface area (Å²) in [6, 6.07) is 1.47. The maximum atomic E-state index is 11.8. The highest BCUT2D eigenvalue weighted by molar-refractivity contribution is 9.10. The van der Waals surface area contributed by atoms with Gasteiger partial charge in [0.1, 0.15) is 4.90 Å². The van der Waals surface area contributed by atoms with E-state index in [0.717, 1.165) is 12.8 Å². The first-order valence-electron chi connectivity index (χ1n) is 5.27. The van der Waals surface area contributed by atoms with Crippen molar-refractivity contribution in [3.05, 3.63) is 22.9 Å². The summed E-state index contributed by atoms with van der Waals surface area (Å²) in [5.41, 5.74) is 0. The van der Waals surface area contributed by atoms with E-state index >= 15 is 0 Å². The predicted octanol–water partition coefficient (Wildman–Crippen LogP) is 0.893. The van der Waals surface area contributed by atoms with Gasteiger partial charge in [0.25, 0.3) is 0 Å². The van der Waals surface area contributed by atoms with Crippen LogP contribution in [0.25, 0.3) is 0 Å². The molecule has 2 N–H and O–H groups in total. The Labute approximate surface area is 108 Å². The zero-order chi connectivity index (χ0) is 12.5. The molecule has 0 aromatic carbocycles. The third-order valence-electron chi connectivity index (χ3n) is 2.64. The lowest BCUT2D eigenvalue weighted by molar-refractivity contribution is 0.155. The Hall–Kier alpha value is -0.500. The summed E-state index contributed by atoms with van der Waals surface area (Å²) in [5, 5.41) is 9.60. The van der Waals surface area contributed by atoms with Crippen LogP contribution in [0.2, 0.25) is 0 Å². The van der Waals surface area contributed by atoms with Crippen LogP contribution in [0.1, 0.15) is 12.8 Å². The Kier molecular flexibility index (Phi) is 3.82. The summed E-state index contributed by atoms with van der Waals surface area (Å²) in [7, 11) is -3.59. The van der Waals surface area contributed by atoms with Crippen molar-refractivity contribution in [1.82, 2.24) is 9.71 Å². The van der Waals surface area contributed by atoms with E-state index in [1.807, 2.05) is 0 Å². The Bertz CT molecular complexity index is 502. The van der Waals surface area contributed by atoms with Crippen molar-refractivity contribution >= 4 is 26.0 Å². The number of rotatable bonds is 5. The normalized spacial score (nSPS) is 18.0. The molecule has 5 nitrogen and oxygen atoms in total. The SMILES string of the molecule is O=S(=O)(NCC(O)C1CC1)c1cncc(Br)c1. The molecule has 2 rings (SSSR count). The van der Waals surface area contributed by atoms with Crippen molar-refractivity contribution in [2.24, 2.45) is 5.92 Å². The van der Waals surface area contributed by atoms with E-state index < -0.39 is 16.1 Å². The van der Waals surface area contributed by atoms with Gasteiger partial charge in [-0.1, -0.05) is 0 Å². The average Bonchev–Trinajstić information content (AvgIpc) is 3.10. The minimum Gasteiger partial charge on any atom is -0.391 e. The summed E-state index contributed by atoms with van der Waals surface area (Å²) in [5.74, 6) is 0.248. The van der Waals surface area contributed by atoms with E-state index in [1.54, 1.807) is 0 Å². The predicted molar refractivity (Wildman–Crippen MR) is 65.9 cm³/mol. The smallest absolute Gasteiger partial charge is 0.242 e. The van der Waals surface area contributed by atoms with Gasteiger partial charge in [0.15, 0.2) is 0 Å². The van der Waals surface area contributed by atoms with Gasteiger partial charge in [0.2, 0.25) is 10.0 Å². The number of hydrogen-bond acceptors (Lipinski definition) is 4. The number of nitrogens with one attached hydrogen (secondary N) is 1. The molecule has 1 fully saturated rings. The van der Waals surface area contributed by atoms with E-state index in [4.69, 9.17) is 0 Å². The zero-order valence-electron chi connectivity index (χ0n) is 9.01. The topological polar surface area (TPSA) is 79.3 Å². The second-order valence-corrected chi connectivity index (χ2v) is 6.78. The Balaban J connectivity index is 2.03. The first kappa shape index (κ1) is 12.9. The van der Waals surface area contributed by atoms with Crippen molar-refractivity contribution in [2.45, 2.75) is 23.8 Å². The van der Waals surface area contributed by atoms with Gasteiger partial charge >= 0.3 is 0 Å². The monoisotopic (exact) mass is 320 g/mol. The van der Waals surface area contributed by atoms with Crippen molar-refractivity contribution in [3.8, 4) is 0 Å². The Morgan fingerprint density at radius 1 is 1.53 bits per heavy atom. The molecule has 1 atom stereocenters. The highest BCUT2D eigenvalue weighted by atomic mass is 79.9. The molecule has 7 heteroatoms. The first-order valence-corrected chi connectivity index (χ1v) is 7.55. The van der Waals surface area contributed by atoms with Crippen molar-refractivity contribution in [2.75, 3.05) is 6.54 Å². The van der Waals surface area contributed by atoms with Crippen LogP contribution in [-0.4, -0.2) is 31.2 Å². The fourth-order valence-corrected chi connectivity index (χ4v) is 3.02. The molecule has 0 amide bonds.